The zero-order valence-corrected chi connectivity index (χ0v) is 23.3. The van der Waals surface area contributed by atoms with E-state index in [1.807, 2.05) is 0 Å². The lowest BCUT2D eigenvalue weighted by molar-refractivity contribution is -0.192. The van der Waals surface area contributed by atoms with Crippen molar-refractivity contribution in [3.63, 3.8) is 0 Å². The molecule has 0 saturated carbocycles. The van der Waals surface area contributed by atoms with E-state index >= 15 is 0 Å². The maximum atomic E-state index is 12.9. The van der Waals surface area contributed by atoms with Crippen molar-refractivity contribution in [2.45, 2.75) is 84.2 Å². The lowest BCUT2D eigenvalue weighted by Gasteiger charge is -2.28. The first-order valence-electron chi connectivity index (χ1n) is 12.2. The molecule has 0 unspecified atom stereocenters. The maximum absolute atomic E-state index is 12.9. The van der Waals surface area contributed by atoms with Crippen LogP contribution in [0.15, 0.2) is 0 Å². The fraction of sp³-hybridized carbons (Fsp3) is 0.652. The van der Waals surface area contributed by atoms with Gasteiger partial charge in [0, 0.05) is 6.92 Å². The Morgan fingerprint density at radius 3 is 1.40 bits per heavy atom. The molecule has 0 aliphatic heterocycles. The summed E-state index contributed by atoms with van der Waals surface area (Å²) < 4.78 is 31.7. The van der Waals surface area contributed by atoms with Crippen LogP contribution in [0.4, 0.5) is 13.2 Å². The molecule has 0 fully saturated rings. The summed E-state index contributed by atoms with van der Waals surface area (Å²) >= 11 is 0. The second-order valence-electron chi connectivity index (χ2n) is 9.25. The van der Waals surface area contributed by atoms with Gasteiger partial charge in [-0.2, -0.15) is 13.2 Å². The molecule has 0 spiro atoms. The van der Waals surface area contributed by atoms with E-state index in [0.717, 1.165) is 0 Å². The Balaban J connectivity index is 0. The third-order valence-corrected chi connectivity index (χ3v) is 5.35. The molecule has 0 rings (SSSR count). The van der Waals surface area contributed by atoms with E-state index in [-0.39, 0.29) is 0 Å². The van der Waals surface area contributed by atoms with Crippen LogP contribution < -0.4 is 21.3 Å². The smallest absolute Gasteiger partial charge is 0.481 e. The van der Waals surface area contributed by atoms with E-state index < -0.39 is 103 Å². The molecule has 0 aromatic carbocycles. The number of hydrogen-bond acceptors (Lipinski definition) is 8. The minimum absolute atomic E-state index is 0.336. The van der Waals surface area contributed by atoms with E-state index in [1.165, 1.54) is 6.92 Å². The van der Waals surface area contributed by atoms with E-state index in [0.29, 0.717) is 6.42 Å². The molecule has 0 aromatic heterocycles. The number of amides is 4. The minimum Gasteiger partial charge on any atom is -0.481 e. The molecule has 0 aliphatic carbocycles. The van der Waals surface area contributed by atoms with Crippen LogP contribution in [-0.2, 0) is 38.4 Å². The Morgan fingerprint density at radius 2 is 1.07 bits per heavy atom. The van der Waals surface area contributed by atoms with Gasteiger partial charge in [-0.3, -0.25) is 28.8 Å². The Labute approximate surface area is 237 Å². The van der Waals surface area contributed by atoms with Gasteiger partial charge < -0.3 is 41.7 Å². The van der Waals surface area contributed by atoms with Crippen LogP contribution in [0.1, 0.15) is 53.9 Å². The van der Waals surface area contributed by atoms with E-state index in [4.69, 9.17) is 20.1 Å². The van der Waals surface area contributed by atoms with Crippen molar-refractivity contribution < 1.29 is 72.0 Å². The summed E-state index contributed by atoms with van der Waals surface area (Å²) in [5.74, 6) is -11.6. The molecule has 16 nitrogen and oxygen atoms in total. The lowest BCUT2D eigenvalue weighted by Crippen LogP contribution is -2.60. The highest BCUT2D eigenvalue weighted by atomic mass is 19.4. The van der Waals surface area contributed by atoms with E-state index in [1.54, 1.807) is 27.7 Å². The van der Waals surface area contributed by atoms with Crippen molar-refractivity contribution in [3.05, 3.63) is 0 Å². The second-order valence-corrected chi connectivity index (χ2v) is 9.25. The summed E-state index contributed by atoms with van der Waals surface area (Å²) in [4.78, 5) is 92.1. The standard InChI is InChI=1S/C21H34N4O10.C2HF3O2/c1-6-10(4)17(20(33)24-13(21(34)35)8-15(29)30)25-18(31)12(7-14(27)28)23-19(32)16(9(2)3)22-11(5)26;3-2(4,5)1(6)7/h9-10,12-13,16-17H,6-8H2,1-5H3,(H,22,26)(H,23,32)(H,24,33)(H,25,31)(H,27,28)(H,29,30)(H,34,35);(H,6,7)/t10-,12-,13-,16-,17-;/m0./s1. The predicted octanol–water partition coefficient (Wildman–Crippen LogP) is -0.685. The maximum Gasteiger partial charge on any atom is 0.490 e. The fourth-order valence-corrected chi connectivity index (χ4v) is 2.99. The van der Waals surface area contributed by atoms with Gasteiger partial charge in [-0.05, 0) is 11.8 Å². The zero-order chi connectivity index (χ0) is 33.5. The highest BCUT2D eigenvalue weighted by molar-refractivity contribution is 5.96. The third-order valence-electron chi connectivity index (χ3n) is 5.35. The number of halogens is 3. The molecule has 8 N–H and O–H groups in total. The number of alkyl halides is 3. The van der Waals surface area contributed by atoms with Gasteiger partial charge in [0.05, 0.1) is 12.8 Å². The van der Waals surface area contributed by atoms with Crippen molar-refractivity contribution in [2.75, 3.05) is 0 Å². The first-order chi connectivity index (χ1) is 19.0. The van der Waals surface area contributed by atoms with Gasteiger partial charge in [0.1, 0.15) is 24.2 Å². The number of nitrogens with one attached hydrogen (secondary N) is 4. The average Bonchev–Trinajstić information content (AvgIpc) is 2.82. The summed E-state index contributed by atoms with van der Waals surface area (Å²) in [5, 5.41) is 43.4. The number of carboxylic acids is 4. The zero-order valence-electron chi connectivity index (χ0n) is 23.3. The third kappa shape index (κ3) is 16.0. The first kappa shape index (κ1) is 39.7. The Morgan fingerprint density at radius 1 is 0.667 bits per heavy atom. The van der Waals surface area contributed by atoms with Gasteiger partial charge in [-0.25, -0.2) is 9.59 Å². The van der Waals surface area contributed by atoms with Crippen molar-refractivity contribution in [1.29, 1.82) is 0 Å². The molecule has 0 aliphatic rings. The van der Waals surface area contributed by atoms with Crippen LogP contribution in [0.3, 0.4) is 0 Å². The quantitative estimate of drug-likeness (QED) is 0.114. The van der Waals surface area contributed by atoms with Crippen molar-refractivity contribution in [3.8, 4) is 0 Å². The van der Waals surface area contributed by atoms with Crippen LogP contribution in [0.25, 0.3) is 0 Å². The number of rotatable bonds is 15. The second kappa shape index (κ2) is 18.1. The van der Waals surface area contributed by atoms with Crippen LogP contribution in [0.5, 0.6) is 0 Å². The van der Waals surface area contributed by atoms with Gasteiger partial charge in [0.2, 0.25) is 23.6 Å². The molecule has 19 heteroatoms. The number of carbonyl (C=O) groups excluding carboxylic acids is 4. The van der Waals surface area contributed by atoms with E-state index in [9.17, 15) is 51.8 Å². The molecule has 4 amide bonds. The van der Waals surface area contributed by atoms with Crippen LogP contribution in [0.2, 0.25) is 0 Å². The highest BCUT2D eigenvalue weighted by Gasteiger charge is 2.38. The summed E-state index contributed by atoms with van der Waals surface area (Å²) in [5.41, 5.74) is 0. The molecule has 0 heterocycles. The molecule has 42 heavy (non-hydrogen) atoms. The fourth-order valence-electron chi connectivity index (χ4n) is 2.99. The number of carboxylic acid groups (broad SMARTS) is 4. The number of hydrogen-bond donors (Lipinski definition) is 8. The molecule has 0 saturated heterocycles. The van der Waals surface area contributed by atoms with Crippen LogP contribution in [-0.4, -0.2) is 98.3 Å². The topological polar surface area (TPSA) is 266 Å². The Hall–Kier alpha value is -4.45. The summed E-state index contributed by atoms with van der Waals surface area (Å²) in [7, 11) is 0. The van der Waals surface area contributed by atoms with Gasteiger partial charge in [-0.15, -0.1) is 0 Å². The van der Waals surface area contributed by atoms with Crippen molar-refractivity contribution in [1.82, 2.24) is 21.3 Å². The highest BCUT2D eigenvalue weighted by Crippen LogP contribution is 2.13. The molecule has 0 radical (unpaired) electrons. The monoisotopic (exact) mass is 616 g/mol. The molecule has 240 valence electrons. The molecule has 0 bridgehead atoms. The van der Waals surface area contributed by atoms with Gasteiger partial charge in [-0.1, -0.05) is 34.1 Å². The largest absolute Gasteiger partial charge is 0.490 e. The summed E-state index contributed by atoms with van der Waals surface area (Å²) in [6.07, 6.45) is -6.49. The average molecular weight is 617 g/mol. The van der Waals surface area contributed by atoms with E-state index in [2.05, 4.69) is 21.3 Å². The first-order valence-corrected chi connectivity index (χ1v) is 12.2. The Kier molecular flexibility index (Phi) is 17.1. The minimum atomic E-state index is -5.08. The summed E-state index contributed by atoms with van der Waals surface area (Å²) in [6, 6.07) is -5.80. The normalized spacial score (nSPS) is 14.4. The number of aliphatic carboxylic acids is 4. The van der Waals surface area contributed by atoms with Gasteiger partial charge in [0.15, 0.2) is 0 Å². The molecular weight excluding hydrogens is 581 g/mol. The lowest BCUT2D eigenvalue weighted by atomic mass is 9.97. The van der Waals surface area contributed by atoms with Crippen LogP contribution in [0, 0.1) is 11.8 Å². The SMILES string of the molecule is CC[C@H](C)[C@H](NC(=O)[C@H](CC(=O)O)NC(=O)[C@@H](NC(C)=O)C(C)C)C(=O)N[C@@H](CC(=O)O)C(=O)O.O=C(O)C(F)(F)F. The molecular formula is C23H35F3N4O12. The predicted molar refractivity (Wildman–Crippen MR) is 134 cm³/mol. The Bertz CT molecular complexity index is 1020. The van der Waals surface area contributed by atoms with Crippen molar-refractivity contribution in [2.24, 2.45) is 11.8 Å². The van der Waals surface area contributed by atoms with Gasteiger partial charge >= 0.3 is 30.1 Å². The molecule has 5 atom stereocenters. The van der Waals surface area contributed by atoms with Gasteiger partial charge in [0.25, 0.3) is 0 Å². The van der Waals surface area contributed by atoms with Crippen LogP contribution >= 0.6 is 0 Å². The molecule has 0 aromatic rings. The number of carbonyl (C=O) groups is 8. The summed E-state index contributed by atoms with van der Waals surface area (Å²) in [6.45, 7) is 7.69. The van der Waals surface area contributed by atoms with Crippen molar-refractivity contribution >= 4 is 47.5 Å².